The highest BCUT2D eigenvalue weighted by atomic mass is 16.5. The second kappa shape index (κ2) is 7.59. The number of ketones is 1. The summed E-state index contributed by atoms with van der Waals surface area (Å²) in [7, 11) is 0. The van der Waals surface area contributed by atoms with Gasteiger partial charge in [0.2, 0.25) is 0 Å². The van der Waals surface area contributed by atoms with E-state index >= 15 is 0 Å². The zero-order valence-corrected chi connectivity index (χ0v) is 14.0. The molecule has 0 saturated carbocycles. The predicted molar refractivity (Wildman–Crippen MR) is 89.0 cm³/mol. The van der Waals surface area contributed by atoms with Crippen LogP contribution < -0.4 is 9.64 Å². The van der Waals surface area contributed by atoms with Gasteiger partial charge in [-0.15, -0.1) is 0 Å². The van der Waals surface area contributed by atoms with Crippen LogP contribution in [0.5, 0.6) is 5.75 Å². The van der Waals surface area contributed by atoms with E-state index in [0.717, 1.165) is 6.42 Å². The summed E-state index contributed by atoms with van der Waals surface area (Å²) in [6.45, 7) is 6.28. The summed E-state index contributed by atoms with van der Waals surface area (Å²) in [6, 6.07) is 5.26. The first-order valence-corrected chi connectivity index (χ1v) is 8.25. The molecule has 5 heteroatoms. The SMILES string of the molecule is CCCC(=O)c1ccc2c(c1)N(CCCO)C(=O)C(C(C)C)O2. The number of aliphatic hydroxyl groups is 1. The molecule has 0 radical (unpaired) electrons. The maximum absolute atomic E-state index is 12.7. The van der Waals surface area contributed by atoms with Crippen LogP contribution in [0.15, 0.2) is 18.2 Å². The van der Waals surface area contributed by atoms with Gasteiger partial charge in [-0.2, -0.15) is 0 Å². The summed E-state index contributed by atoms with van der Waals surface area (Å²) in [4.78, 5) is 26.4. The van der Waals surface area contributed by atoms with Crippen molar-refractivity contribution in [2.45, 2.75) is 46.1 Å². The van der Waals surface area contributed by atoms with E-state index in [1.165, 1.54) is 0 Å². The number of benzene rings is 1. The Labute approximate surface area is 137 Å². The third-order valence-corrected chi connectivity index (χ3v) is 3.96. The largest absolute Gasteiger partial charge is 0.478 e. The number of fused-ring (bicyclic) bond motifs is 1. The van der Waals surface area contributed by atoms with Gasteiger partial charge in [0.25, 0.3) is 5.91 Å². The summed E-state index contributed by atoms with van der Waals surface area (Å²) in [5.41, 5.74) is 1.22. The third kappa shape index (κ3) is 3.72. The minimum absolute atomic E-state index is 0.0147. The molecule has 1 amide bonds. The van der Waals surface area contributed by atoms with E-state index in [4.69, 9.17) is 9.84 Å². The molecule has 2 rings (SSSR count). The number of hydrogen-bond acceptors (Lipinski definition) is 4. The molecular formula is C18H25NO4. The van der Waals surface area contributed by atoms with Crippen molar-refractivity contribution in [3.05, 3.63) is 23.8 Å². The highest BCUT2D eigenvalue weighted by molar-refractivity contribution is 6.03. The molecule has 0 saturated heterocycles. The van der Waals surface area contributed by atoms with Gasteiger partial charge in [0.1, 0.15) is 5.75 Å². The number of nitrogens with zero attached hydrogens (tertiary/aromatic N) is 1. The fourth-order valence-corrected chi connectivity index (χ4v) is 2.71. The molecule has 0 spiro atoms. The van der Waals surface area contributed by atoms with Crippen LogP contribution >= 0.6 is 0 Å². The lowest BCUT2D eigenvalue weighted by molar-refractivity contribution is -0.128. The number of aliphatic hydroxyl groups excluding tert-OH is 1. The Hall–Kier alpha value is -1.88. The van der Waals surface area contributed by atoms with E-state index in [1.54, 1.807) is 23.1 Å². The number of rotatable bonds is 7. The monoisotopic (exact) mass is 319 g/mol. The maximum atomic E-state index is 12.7. The Kier molecular flexibility index (Phi) is 5.77. The number of carbonyl (C=O) groups excluding carboxylic acids is 2. The Morgan fingerprint density at radius 3 is 2.74 bits per heavy atom. The molecule has 1 aromatic carbocycles. The van der Waals surface area contributed by atoms with Crippen molar-refractivity contribution in [1.29, 1.82) is 0 Å². The van der Waals surface area contributed by atoms with Crippen LogP contribution in [-0.2, 0) is 4.79 Å². The molecule has 1 atom stereocenters. The van der Waals surface area contributed by atoms with Gasteiger partial charge in [-0.05, 0) is 37.0 Å². The molecule has 0 aliphatic carbocycles. The highest BCUT2D eigenvalue weighted by Crippen LogP contribution is 2.36. The fourth-order valence-electron chi connectivity index (χ4n) is 2.71. The van der Waals surface area contributed by atoms with Crippen LogP contribution in [0.25, 0.3) is 0 Å². The quantitative estimate of drug-likeness (QED) is 0.785. The molecule has 1 heterocycles. The summed E-state index contributed by atoms with van der Waals surface area (Å²) in [5.74, 6) is 0.625. The normalized spacial score (nSPS) is 17.2. The Morgan fingerprint density at radius 1 is 1.39 bits per heavy atom. The molecule has 1 aliphatic rings. The lowest BCUT2D eigenvalue weighted by atomic mass is 10.0. The van der Waals surface area contributed by atoms with Gasteiger partial charge in [-0.25, -0.2) is 0 Å². The molecule has 0 aromatic heterocycles. The zero-order valence-electron chi connectivity index (χ0n) is 14.0. The smallest absolute Gasteiger partial charge is 0.268 e. The molecule has 126 valence electrons. The molecule has 1 unspecified atom stereocenters. The molecule has 0 bridgehead atoms. The van der Waals surface area contributed by atoms with E-state index in [2.05, 4.69) is 0 Å². The van der Waals surface area contributed by atoms with Crippen molar-refractivity contribution in [1.82, 2.24) is 0 Å². The van der Waals surface area contributed by atoms with Crippen LogP contribution in [-0.4, -0.2) is 36.1 Å². The van der Waals surface area contributed by atoms with E-state index in [9.17, 15) is 9.59 Å². The van der Waals surface area contributed by atoms with Gasteiger partial charge in [0.05, 0.1) is 5.69 Å². The molecule has 23 heavy (non-hydrogen) atoms. The van der Waals surface area contributed by atoms with Gasteiger partial charge < -0.3 is 14.7 Å². The summed E-state index contributed by atoms with van der Waals surface area (Å²) < 4.78 is 5.85. The Bertz CT molecular complexity index is 582. The van der Waals surface area contributed by atoms with Crippen molar-refractivity contribution in [3.63, 3.8) is 0 Å². The van der Waals surface area contributed by atoms with Crippen molar-refractivity contribution < 1.29 is 19.4 Å². The maximum Gasteiger partial charge on any atom is 0.268 e. The number of hydrogen-bond donors (Lipinski definition) is 1. The first-order chi connectivity index (χ1) is 11.0. The van der Waals surface area contributed by atoms with E-state index in [1.807, 2.05) is 20.8 Å². The number of amides is 1. The number of carbonyl (C=O) groups is 2. The van der Waals surface area contributed by atoms with E-state index in [-0.39, 0.29) is 24.2 Å². The average molecular weight is 319 g/mol. The second-order valence-corrected chi connectivity index (χ2v) is 6.21. The van der Waals surface area contributed by atoms with Crippen molar-refractivity contribution in [3.8, 4) is 5.75 Å². The predicted octanol–water partition coefficient (Wildman–Crippen LogP) is 2.80. The molecular weight excluding hydrogens is 294 g/mol. The fraction of sp³-hybridized carbons (Fsp3) is 0.556. The molecule has 0 fully saturated rings. The summed E-state index contributed by atoms with van der Waals surface area (Å²) in [6.07, 6.45) is 1.23. The van der Waals surface area contributed by atoms with Crippen LogP contribution in [0.4, 0.5) is 5.69 Å². The molecule has 1 aliphatic heterocycles. The van der Waals surface area contributed by atoms with Crippen LogP contribution in [0.3, 0.4) is 0 Å². The number of anilines is 1. The van der Waals surface area contributed by atoms with Gasteiger partial charge >= 0.3 is 0 Å². The molecule has 5 nitrogen and oxygen atoms in total. The minimum atomic E-state index is -0.529. The molecule has 1 N–H and O–H groups in total. The lowest BCUT2D eigenvalue weighted by Gasteiger charge is -2.36. The van der Waals surface area contributed by atoms with Crippen molar-refractivity contribution in [2.24, 2.45) is 5.92 Å². The van der Waals surface area contributed by atoms with Gasteiger partial charge in [-0.1, -0.05) is 20.8 Å². The average Bonchev–Trinajstić information content (AvgIpc) is 2.53. The van der Waals surface area contributed by atoms with Crippen LogP contribution in [0, 0.1) is 5.92 Å². The van der Waals surface area contributed by atoms with Gasteiger partial charge in [0.15, 0.2) is 11.9 Å². The first kappa shape index (κ1) is 17.5. The zero-order chi connectivity index (χ0) is 17.0. The third-order valence-electron chi connectivity index (χ3n) is 3.96. The molecule has 1 aromatic rings. The summed E-state index contributed by atoms with van der Waals surface area (Å²) >= 11 is 0. The van der Waals surface area contributed by atoms with Crippen molar-refractivity contribution >= 4 is 17.4 Å². The topological polar surface area (TPSA) is 66.8 Å². The van der Waals surface area contributed by atoms with Gasteiger partial charge in [-0.3, -0.25) is 9.59 Å². The second-order valence-electron chi connectivity index (χ2n) is 6.21. The Morgan fingerprint density at radius 2 is 2.13 bits per heavy atom. The first-order valence-electron chi connectivity index (χ1n) is 8.25. The van der Waals surface area contributed by atoms with E-state index < -0.39 is 6.10 Å². The number of Topliss-reactive ketones (excluding diaryl/α,β-unsaturated/α-hetero) is 1. The van der Waals surface area contributed by atoms with E-state index in [0.29, 0.717) is 36.4 Å². The van der Waals surface area contributed by atoms with Crippen LogP contribution in [0.2, 0.25) is 0 Å². The van der Waals surface area contributed by atoms with Crippen molar-refractivity contribution in [2.75, 3.05) is 18.1 Å². The number of ether oxygens (including phenoxy) is 1. The Balaban J connectivity index is 2.39. The lowest BCUT2D eigenvalue weighted by Crippen LogP contribution is -2.48. The van der Waals surface area contributed by atoms with Gasteiger partial charge in [0, 0.05) is 25.1 Å². The highest BCUT2D eigenvalue weighted by Gasteiger charge is 2.36. The summed E-state index contributed by atoms with van der Waals surface area (Å²) in [5, 5.41) is 9.10. The standard InChI is InChI=1S/C18H25NO4/c1-4-6-15(21)13-7-8-16-14(11-13)19(9-5-10-20)18(22)17(23-16)12(2)3/h7-8,11-12,17,20H,4-6,9-10H2,1-3H3. The van der Waals surface area contributed by atoms with Crippen LogP contribution in [0.1, 0.15) is 50.4 Å². The minimum Gasteiger partial charge on any atom is -0.478 e.